The second-order valence-electron chi connectivity index (χ2n) is 16.7. The fourth-order valence-corrected chi connectivity index (χ4v) is 9.68. The quantitative estimate of drug-likeness (QED) is 0.146. The lowest BCUT2D eigenvalue weighted by atomic mass is 9.57. The number of carbonyl (C=O) groups is 4. The summed E-state index contributed by atoms with van der Waals surface area (Å²) in [5, 5.41) is 21.3. The average molecular weight is 805 g/mol. The molecule has 4 aliphatic heterocycles. The normalized spacial score (nSPS) is 20.9. The number of amides is 4. The molecule has 18 heteroatoms. The number of aromatic amines is 1. The first kappa shape index (κ1) is 37.0. The van der Waals surface area contributed by atoms with Crippen molar-refractivity contribution >= 4 is 57.9 Å². The largest absolute Gasteiger partial charge is 0.370 e. The number of benzene rings is 2. The number of piperidine rings is 2. The summed E-state index contributed by atoms with van der Waals surface area (Å²) in [5.74, 6) is -1.30. The molecule has 5 aliphatic rings. The lowest BCUT2D eigenvalue weighted by Crippen LogP contribution is -2.63. The van der Waals surface area contributed by atoms with Gasteiger partial charge in [-0.05, 0) is 69.2 Å². The highest BCUT2D eigenvalue weighted by Crippen LogP contribution is 2.53. The Hall–Kier alpha value is -6.30. The van der Waals surface area contributed by atoms with Gasteiger partial charge in [0.05, 0.1) is 28.8 Å². The van der Waals surface area contributed by atoms with Crippen molar-refractivity contribution in [1.82, 2.24) is 45.1 Å². The highest BCUT2D eigenvalue weighted by molar-refractivity contribution is 6.23. The Morgan fingerprint density at radius 2 is 1.73 bits per heavy atom. The third-order valence-corrected chi connectivity index (χ3v) is 12.6. The van der Waals surface area contributed by atoms with Crippen LogP contribution >= 0.6 is 0 Å². The summed E-state index contributed by atoms with van der Waals surface area (Å²) in [6.45, 7) is 6.65. The van der Waals surface area contributed by atoms with Crippen LogP contribution in [0.2, 0.25) is 0 Å². The maximum Gasteiger partial charge on any atom is 0.262 e. The SMILES string of the molecule is Cc1cc(Nc2nc(NCc3ccc(F)cc3F)nc3c2cnn3C2CCN(CC3CC4(C3)CN(c3ccc5c(c3)C(=O)N(C3CCC(=O)NC3=O)C5=O)C4)CC2)n[nH]1. The van der Waals surface area contributed by atoms with Crippen LogP contribution in [0, 0.1) is 29.9 Å². The van der Waals surface area contributed by atoms with Crippen molar-refractivity contribution in [3.63, 3.8) is 0 Å². The summed E-state index contributed by atoms with van der Waals surface area (Å²) in [7, 11) is 0. The second kappa shape index (κ2) is 14.2. The van der Waals surface area contributed by atoms with Crippen molar-refractivity contribution < 1.29 is 28.0 Å². The molecule has 1 aliphatic carbocycles. The minimum Gasteiger partial charge on any atom is -0.370 e. The molecule has 4 fully saturated rings. The number of likely N-dealkylation sites (tertiary alicyclic amines) is 1. The number of rotatable bonds is 10. The van der Waals surface area contributed by atoms with Crippen LogP contribution in [0.15, 0.2) is 48.7 Å². The van der Waals surface area contributed by atoms with Gasteiger partial charge >= 0.3 is 0 Å². The van der Waals surface area contributed by atoms with Gasteiger partial charge in [0, 0.05) is 80.2 Å². The molecule has 0 bridgehead atoms. The van der Waals surface area contributed by atoms with E-state index < -0.39 is 41.3 Å². The maximum absolute atomic E-state index is 14.4. The van der Waals surface area contributed by atoms with E-state index in [9.17, 15) is 28.0 Å². The fraction of sp³-hybridized carbons (Fsp3) is 0.415. The number of nitrogens with one attached hydrogen (secondary N) is 4. The number of fused-ring (bicyclic) bond motifs is 2. The lowest BCUT2D eigenvalue weighted by molar-refractivity contribution is -0.136. The van der Waals surface area contributed by atoms with Crippen LogP contribution < -0.4 is 20.9 Å². The van der Waals surface area contributed by atoms with E-state index in [1.54, 1.807) is 18.3 Å². The number of nitrogens with zero attached hydrogens (tertiary/aromatic N) is 8. The lowest BCUT2D eigenvalue weighted by Gasteiger charge is -2.60. The Bertz CT molecular complexity index is 2530. The van der Waals surface area contributed by atoms with Crippen LogP contribution in [0.4, 0.5) is 32.1 Å². The molecule has 2 aromatic carbocycles. The van der Waals surface area contributed by atoms with Gasteiger partial charge in [-0.25, -0.2) is 13.5 Å². The fourth-order valence-electron chi connectivity index (χ4n) is 9.68. The van der Waals surface area contributed by atoms with Crippen molar-refractivity contribution in [2.75, 3.05) is 48.3 Å². The van der Waals surface area contributed by atoms with Gasteiger partial charge < -0.3 is 20.4 Å². The standard InChI is InChI=1S/C41H42F2N12O4/c1-22-12-33(51-50-22)46-35-30-18-45-55(36(30)49-40(48-35)44-17-24-2-3-25(42)13-31(24)43)26-8-10-52(11-9-26)19-23-15-41(16-23)20-53(21-41)27-4-5-28-29(14-27)39(59)54(38(28)58)32-6-7-34(56)47-37(32)57/h2-5,12-14,18,23,26,32H,6-11,15-17,19-21H2,1H3,(H,47,56,57)(H3,44,46,48,49,50,51). The smallest absolute Gasteiger partial charge is 0.262 e. The molecular formula is C41H42F2N12O4. The van der Waals surface area contributed by atoms with Gasteiger partial charge in [-0.2, -0.15) is 20.2 Å². The van der Waals surface area contributed by atoms with Crippen molar-refractivity contribution in [2.24, 2.45) is 11.3 Å². The first-order chi connectivity index (χ1) is 28.5. The van der Waals surface area contributed by atoms with Crippen LogP contribution in [0.5, 0.6) is 0 Å². The third kappa shape index (κ3) is 6.73. The van der Waals surface area contributed by atoms with Crippen LogP contribution in [0.1, 0.15) is 76.5 Å². The number of H-pyrrole nitrogens is 1. The molecule has 7 heterocycles. The van der Waals surface area contributed by atoms with E-state index in [0.29, 0.717) is 34.3 Å². The van der Waals surface area contributed by atoms with Gasteiger partial charge in [0.15, 0.2) is 11.5 Å². The zero-order valence-corrected chi connectivity index (χ0v) is 32.3. The summed E-state index contributed by atoms with van der Waals surface area (Å²) in [4.78, 5) is 65.9. The van der Waals surface area contributed by atoms with Crippen molar-refractivity contribution in [2.45, 2.75) is 64.1 Å². The van der Waals surface area contributed by atoms with Gasteiger partial charge in [0.1, 0.15) is 23.5 Å². The highest BCUT2D eigenvalue weighted by Gasteiger charge is 2.53. The molecule has 0 radical (unpaired) electrons. The summed E-state index contributed by atoms with van der Waals surface area (Å²) in [5.41, 5.74) is 3.57. The van der Waals surface area contributed by atoms with Gasteiger partial charge in [-0.3, -0.25) is 34.5 Å². The third-order valence-electron chi connectivity index (χ3n) is 12.6. The van der Waals surface area contributed by atoms with E-state index in [0.717, 1.165) is 86.1 Å². The van der Waals surface area contributed by atoms with Gasteiger partial charge in [0.2, 0.25) is 17.8 Å². The molecule has 1 saturated carbocycles. The predicted molar refractivity (Wildman–Crippen MR) is 211 cm³/mol. The number of aromatic nitrogens is 6. The number of imide groups is 2. The van der Waals surface area contributed by atoms with Crippen molar-refractivity contribution in [1.29, 1.82) is 0 Å². The van der Waals surface area contributed by atoms with Crippen LogP contribution in [-0.2, 0) is 16.1 Å². The molecule has 4 amide bonds. The molecule has 16 nitrogen and oxygen atoms in total. The number of aryl methyl sites for hydroxylation is 1. The topological polar surface area (TPSA) is 186 Å². The van der Waals surface area contributed by atoms with Gasteiger partial charge in [0.25, 0.3) is 11.8 Å². The molecule has 1 unspecified atom stereocenters. The number of halogens is 2. The summed E-state index contributed by atoms with van der Waals surface area (Å²) >= 11 is 0. The van der Waals surface area contributed by atoms with Crippen molar-refractivity contribution in [3.8, 4) is 0 Å². The molecule has 10 rings (SSSR count). The molecule has 304 valence electrons. The number of hydrogen-bond acceptors (Lipinski definition) is 12. The Morgan fingerprint density at radius 3 is 2.47 bits per heavy atom. The summed E-state index contributed by atoms with van der Waals surface area (Å²) in [6.07, 6.45) is 6.06. The Balaban J connectivity index is 0.748. The molecule has 1 atom stereocenters. The molecule has 1 spiro atoms. The Labute approximate surface area is 336 Å². The predicted octanol–water partition coefficient (Wildman–Crippen LogP) is 4.45. The van der Waals surface area contributed by atoms with E-state index in [-0.39, 0.29) is 42.4 Å². The maximum atomic E-state index is 14.4. The minimum atomic E-state index is -0.979. The minimum absolute atomic E-state index is 0.0653. The zero-order valence-electron chi connectivity index (χ0n) is 32.3. The van der Waals surface area contributed by atoms with Crippen molar-refractivity contribution in [3.05, 3.63) is 82.7 Å². The first-order valence-electron chi connectivity index (χ1n) is 20.0. The van der Waals surface area contributed by atoms with Gasteiger partial charge in [-0.15, -0.1) is 0 Å². The summed E-state index contributed by atoms with van der Waals surface area (Å²) < 4.78 is 29.9. The Kier molecular flexibility index (Phi) is 8.91. The first-order valence-corrected chi connectivity index (χ1v) is 20.0. The zero-order chi connectivity index (χ0) is 40.6. The Morgan fingerprint density at radius 1 is 0.932 bits per heavy atom. The molecule has 5 aromatic rings. The van der Waals surface area contributed by atoms with Crippen LogP contribution in [0.25, 0.3) is 11.0 Å². The molecule has 3 saturated heterocycles. The van der Waals surface area contributed by atoms with E-state index in [2.05, 4.69) is 40.9 Å². The highest BCUT2D eigenvalue weighted by atomic mass is 19.1. The molecular weight excluding hydrogens is 763 g/mol. The van der Waals surface area contributed by atoms with E-state index >= 15 is 0 Å². The number of anilines is 4. The van der Waals surface area contributed by atoms with E-state index in [1.807, 2.05) is 23.7 Å². The van der Waals surface area contributed by atoms with E-state index in [1.165, 1.54) is 12.1 Å². The molecule has 3 aromatic heterocycles. The molecule has 59 heavy (non-hydrogen) atoms. The monoisotopic (exact) mass is 804 g/mol. The number of carbonyl (C=O) groups excluding carboxylic acids is 4. The van der Waals surface area contributed by atoms with Gasteiger partial charge in [-0.1, -0.05) is 6.07 Å². The average Bonchev–Trinajstić information content (AvgIpc) is 3.87. The van der Waals surface area contributed by atoms with E-state index in [4.69, 9.17) is 10.1 Å². The summed E-state index contributed by atoms with van der Waals surface area (Å²) in [6, 6.07) is 9.82. The van der Waals surface area contributed by atoms with Crippen LogP contribution in [-0.4, -0.2) is 102 Å². The molecule has 4 N–H and O–H groups in total. The van der Waals surface area contributed by atoms with Crippen LogP contribution in [0.3, 0.4) is 0 Å². The number of hydrogen-bond donors (Lipinski definition) is 4. The second-order valence-corrected chi connectivity index (χ2v) is 16.7.